The second-order valence-corrected chi connectivity index (χ2v) is 11.6. The average Bonchev–Trinajstić information content (AvgIpc) is 3.69. The fraction of sp³-hybridized carbons (Fsp3) is 0.333. The standard InChI is InChI=1S/C30H32N2O2/c1-29(2,3)23-11-21(12-24(15-23)30(4,5)6)19-8-7-9-20(10-19)22-13-25(31-17-27(31)33)16-26(14-22)32-18-28(32)34/h7-16H,17-18H2,1-6H3. The van der Waals surface area contributed by atoms with E-state index in [0.29, 0.717) is 13.1 Å². The molecule has 0 radical (unpaired) electrons. The number of nitrogens with zero attached hydrogens (tertiary/aromatic N) is 2. The Labute approximate surface area is 202 Å². The quantitative estimate of drug-likeness (QED) is 0.435. The SMILES string of the molecule is CC(C)(C)c1cc(-c2cccc(-c3cc(N4CC4=O)cc(N4CC4=O)c3)c2)cc(C(C)(C)C)c1. The molecule has 2 saturated heterocycles. The van der Waals surface area contributed by atoms with Crippen LogP contribution in [0, 0.1) is 0 Å². The fourth-order valence-corrected chi connectivity index (χ4v) is 4.28. The first-order chi connectivity index (χ1) is 15.9. The third kappa shape index (κ3) is 4.37. The summed E-state index contributed by atoms with van der Waals surface area (Å²) in [7, 11) is 0. The van der Waals surface area contributed by atoms with Crippen LogP contribution in [0.25, 0.3) is 22.3 Å². The Morgan fingerprint density at radius 3 is 1.35 bits per heavy atom. The summed E-state index contributed by atoms with van der Waals surface area (Å²) in [6, 6.07) is 21.5. The monoisotopic (exact) mass is 452 g/mol. The molecule has 0 aliphatic carbocycles. The lowest BCUT2D eigenvalue weighted by Gasteiger charge is -2.26. The Balaban J connectivity index is 1.60. The molecule has 2 heterocycles. The van der Waals surface area contributed by atoms with Crippen molar-refractivity contribution in [2.75, 3.05) is 22.9 Å². The van der Waals surface area contributed by atoms with E-state index in [1.807, 2.05) is 18.2 Å². The van der Waals surface area contributed by atoms with Gasteiger partial charge in [0.1, 0.15) is 13.1 Å². The maximum atomic E-state index is 11.8. The lowest BCUT2D eigenvalue weighted by molar-refractivity contribution is -0.110. The van der Waals surface area contributed by atoms with Crippen LogP contribution in [0.2, 0.25) is 0 Å². The summed E-state index contributed by atoms with van der Waals surface area (Å²) in [5, 5.41) is 0. The van der Waals surface area contributed by atoms with Crippen molar-refractivity contribution in [3.63, 3.8) is 0 Å². The number of rotatable bonds is 4. The second kappa shape index (κ2) is 7.56. The summed E-state index contributed by atoms with van der Waals surface area (Å²) in [6.07, 6.45) is 0. The number of benzene rings is 3. The van der Waals surface area contributed by atoms with Crippen LogP contribution in [0.3, 0.4) is 0 Å². The third-order valence-electron chi connectivity index (χ3n) is 6.70. The molecule has 4 heteroatoms. The van der Waals surface area contributed by atoms with Gasteiger partial charge in [-0.25, -0.2) is 0 Å². The summed E-state index contributed by atoms with van der Waals surface area (Å²) in [4.78, 5) is 27.1. The summed E-state index contributed by atoms with van der Waals surface area (Å²) in [5.41, 5.74) is 8.90. The van der Waals surface area contributed by atoms with Crippen molar-refractivity contribution < 1.29 is 9.59 Å². The van der Waals surface area contributed by atoms with Gasteiger partial charge >= 0.3 is 0 Å². The highest BCUT2D eigenvalue weighted by molar-refractivity contribution is 6.15. The van der Waals surface area contributed by atoms with E-state index in [1.165, 1.54) is 16.7 Å². The molecule has 4 nitrogen and oxygen atoms in total. The number of anilines is 2. The zero-order valence-corrected chi connectivity index (χ0v) is 20.9. The topological polar surface area (TPSA) is 40.2 Å². The number of hydrogen-bond donors (Lipinski definition) is 0. The molecule has 2 aliphatic heterocycles. The van der Waals surface area contributed by atoms with Gasteiger partial charge in [0.2, 0.25) is 11.8 Å². The fourth-order valence-electron chi connectivity index (χ4n) is 4.28. The molecule has 3 aromatic carbocycles. The third-order valence-corrected chi connectivity index (χ3v) is 6.70. The lowest BCUT2D eigenvalue weighted by atomic mass is 9.79. The Hall–Kier alpha value is -3.40. The van der Waals surface area contributed by atoms with Crippen molar-refractivity contribution in [1.82, 2.24) is 0 Å². The van der Waals surface area contributed by atoms with Crippen LogP contribution in [-0.2, 0) is 20.4 Å². The maximum Gasteiger partial charge on any atom is 0.247 e. The summed E-state index contributed by atoms with van der Waals surface area (Å²) in [6.45, 7) is 14.4. The number of carbonyl (C=O) groups is 2. The molecule has 2 aliphatic rings. The molecule has 5 rings (SSSR count). The van der Waals surface area contributed by atoms with Crippen LogP contribution in [0.4, 0.5) is 11.4 Å². The Morgan fingerprint density at radius 1 is 0.559 bits per heavy atom. The van der Waals surface area contributed by atoms with Crippen molar-refractivity contribution in [1.29, 1.82) is 0 Å². The first-order valence-electron chi connectivity index (χ1n) is 11.9. The lowest BCUT2D eigenvalue weighted by Crippen LogP contribution is -2.16. The van der Waals surface area contributed by atoms with Crippen LogP contribution in [-0.4, -0.2) is 24.9 Å². The zero-order valence-electron chi connectivity index (χ0n) is 20.9. The van der Waals surface area contributed by atoms with Crippen LogP contribution in [0.1, 0.15) is 52.7 Å². The summed E-state index contributed by atoms with van der Waals surface area (Å²) >= 11 is 0. The van der Waals surface area contributed by atoms with E-state index < -0.39 is 0 Å². The first-order valence-corrected chi connectivity index (χ1v) is 11.9. The van der Waals surface area contributed by atoms with Gasteiger partial charge in [-0.05, 0) is 68.5 Å². The van der Waals surface area contributed by atoms with Gasteiger partial charge in [0.25, 0.3) is 0 Å². The highest BCUT2D eigenvalue weighted by Crippen LogP contribution is 2.38. The molecular formula is C30H32N2O2. The molecule has 2 amide bonds. The second-order valence-electron chi connectivity index (χ2n) is 11.6. The Kier molecular flexibility index (Phi) is 4.98. The van der Waals surface area contributed by atoms with E-state index in [-0.39, 0.29) is 22.6 Å². The minimum Gasteiger partial charge on any atom is -0.301 e. The largest absolute Gasteiger partial charge is 0.301 e. The van der Waals surface area contributed by atoms with E-state index >= 15 is 0 Å². The van der Waals surface area contributed by atoms with E-state index in [9.17, 15) is 9.59 Å². The zero-order chi connectivity index (χ0) is 24.4. The summed E-state index contributed by atoms with van der Waals surface area (Å²) < 4.78 is 0. The average molecular weight is 453 g/mol. The summed E-state index contributed by atoms with van der Waals surface area (Å²) in [5.74, 6) is 0.227. The minimum absolute atomic E-state index is 0.0490. The van der Waals surface area contributed by atoms with Crippen molar-refractivity contribution in [3.8, 4) is 22.3 Å². The smallest absolute Gasteiger partial charge is 0.247 e. The Bertz CT molecular complexity index is 1250. The van der Waals surface area contributed by atoms with Gasteiger partial charge in [-0.3, -0.25) is 9.59 Å². The molecule has 0 spiro atoms. The predicted octanol–water partition coefficient (Wildman–Crippen LogP) is 6.31. The molecule has 0 unspecified atom stereocenters. The predicted molar refractivity (Wildman–Crippen MR) is 139 cm³/mol. The molecule has 0 bridgehead atoms. The number of hydrogen-bond acceptors (Lipinski definition) is 2. The van der Waals surface area contributed by atoms with Crippen molar-refractivity contribution in [2.24, 2.45) is 0 Å². The molecule has 0 aromatic heterocycles. The van der Waals surface area contributed by atoms with Crippen LogP contribution in [0.15, 0.2) is 60.7 Å². The molecule has 0 saturated carbocycles. The normalized spacial score (nSPS) is 15.7. The van der Waals surface area contributed by atoms with Gasteiger partial charge in [-0.1, -0.05) is 77.9 Å². The van der Waals surface area contributed by atoms with Gasteiger partial charge in [0, 0.05) is 11.4 Å². The number of carbonyl (C=O) groups excluding carboxylic acids is 2. The van der Waals surface area contributed by atoms with Gasteiger partial charge in [-0.15, -0.1) is 0 Å². The van der Waals surface area contributed by atoms with Gasteiger partial charge < -0.3 is 9.80 Å². The minimum atomic E-state index is 0.0490. The van der Waals surface area contributed by atoms with E-state index in [1.54, 1.807) is 9.80 Å². The molecule has 0 atom stereocenters. The molecule has 3 aromatic rings. The van der Waals surface area contributed by atoms with Crippen LogP contribution < -0.4 is 9.80 Å². The van der Waals surface area contributed by atoms with Crippen molar-refractivity contribution in [3.05, 3.63) is 71.8 Å². The van der Waals surface area contributed by atoms with Gasteiger partial charge in [0.05, 0.1) is 0 Å². The maximum absolute atomic E-state index is 11.8. The van der Waals surface area contributed by atoms with Crippen molar-refractivity contribution in [2.45, 2.75) is 52.4 Å². The van der Waals surface area contributed by atoms with Crippen LogP contribution in [0.5, 0.6) is 0 Å². The van der Waals surface area contributed by atoms with Gasteiger partial charge in [0.15, 0.2) is 0 Å². The van der Waals surface area contributed by atoms with Crippen molar-refractivity contribution >= 4 is 23.2 Å². The van der Waals surface area contributed by atoms with Gasteiger partial charge in [-0.2, -0.15) is 0 Å². The Morgan fingerprint density at radius 2 is 0.971 bits per heavy atom. The highest BCUT2D eigenvalue weighted by atomic mass is 16.2. The molecular weight excluding hydrogens is 420 g/mol. The molecule has 174 valence electrons. The molecule has 0 N–H and O–H groups in total. The molecule has 34 heavy (non-hydrogen) atoms. The highest BCUT2D eigenvalue weighted by Gasteiger charge is 2.35. The van der Waals surface area contributed by atoms with E-state index in [4.69, 9.17) is 0 Å². The molecule has 2 fully saturated rings. The van der Waals surface area contributed by atoms with E-state index in [2.05, 4.69) is 84.0 Å². The number of amides is 2. The first kappa shape index (κ1) is 22.4. The van der Waals surface area contributed by atoms with E-state index in [0.717, 1.165) is 28.1 Å². The van der Waals surface area contributed by atoms with Crippen LogP contribution >= 0.6 is 0 Å².